The first-order valence-corrected chi connectivity index (χ1v) is 6.79. The molecule has 0 atom stereocenters. The molecule has 0 saturated heterocycles. The van der Waals surface area contributed by atoms with Crippen LogP contribution in [0.5, 0.6) is 5.75 Å². The lowest BCUT2D eigenvalue weighted by molar-refractivity contribution is -0.118. The van der Waals surface area contributed by atoms with Gasteiger partial charge in [-0.25, -0.2) is 4.39 Å². The molecule has 0 aliphatic carbocycles. The van der Waals surface area contributed by atoms with E-state index in [0.29, 0.717) is 10.2 Å². The molecule has 0 spiro atoms. The zero-order valence-corrected chi connectivity index (χ0v) is 12.4. The number of amides is 1. The van der Waals surface area contributed by atoms with Gasteiger partial charge in [0, 0.05) is 11.8 Å². The Morgan fingerprint density at radius 1 is 1.30 bits per heavy atom. The van der Waals surface area contributed by atoms with Crippen molar-refractivity contribution in [1.82, 2.24) is 0 Å². The van der Waals surface area contributed by atoms with E-state index in [4.69, 9.17) is 4.74 Å². The van der Waals surface area contributed by atoms with Gasteiger partial charge in [-0.1, -0.05) is 18.2 Å². The number of ether oxygens (including phenoxy) is 1. The van der Waals surface area contributed by atoms with Crippen molar-refractivity contribution in [2.24, 2.45) is 0 Å². The Balaban J connectivity index is 1.92. The summed E-state index contributed by atoms with van der Waals surface area (Å²) in [6.45, 7) is 1.73. The van der Waals surface area contributed by atoms with Crippen LogP contribution in [0.2, 0.25) is 0 Å². The minimum Gasteiger partial charge on any atom is -0.484 e. The van der Waals surface area contributed by atoms with Gasteiger partial charge >= 0.3 is 0 Å². The van der Waals surface area contributed by atoms with Crippen molar-refractivity contribution in [1.29, 1.82) is 0 Å². The molecule has 0 unspecified atom stereocenters. The van der Waals surface area contributed by atoms with Crippen LogP contribution in [0.3, 0.4) is 0 Å². The number of benzene rings is 2. The van der Waals surface area contributed by atoms with Crippen molar-refractivity contribution in [3.8, 4) is 5.75 Å². The summed E-state index contributed by atoms with van der Waals surface area (Å²) in [6.07, 6.45) is 0. The van der Waals surface area contributed by atoms with Crippen LogP contribution in [0.4, 0.5) is 10.1 Å². The molecule has 1 amide bonds. The molecule has 104 valence electrons. The van der Waals surface area contributed by atoms with E-state index in [2.05, 4.69) is 21.2 Å². The molecule has 0 aromatic heterocycles. The van der Waals surface area contributed by atoms with Gasteiger partial charge in [0.25, 0.3) is 5.91 Å². The van der Waals surface area contributed by atoms with Crippen LogP contribution in [-0.2, 0) is 4.79 Å². The van der Waals surface area contributed by atoms with Gasteiger partial charge in [-0.15, -0.1) is 0 Å². The Morgan fingerprint density at radius 2 is 2.05 bits per heavy atom. The fraction of sp³-hybridized carbons (Fsp3) is 0.133. The molecule has 0 heterocycles. The Labute approximate surface area is 124 Å². The third-order valence-corrected chi connectivity index (χ3v) is 3.32. The summed E-state index contributed by atoms with van der Waals surface area (Å²) in [7, 11) is 0. The quantitative estimate of drug-likeness (QED) is 0.918. The smallest absolute Gasteiger partial charge is 0.262 e. The number of aryl methyl sites for hydroxylation is 1. The minimum atomic E-state index is -0.429. The lowest BCUT2D eigenvalue weighted by Gasteiger charge is -2.09. The number of hydrogen-bond donors (Lipinski definition) is 1. The van der Waals surface area contributed by atoms with Gasteiger partial charge in [0.2, 0.25) is 0 Å². The monoisotopic (exact) mass is 337 g/mol. The number of halogens is 2. The molecule has 0 aliphatic heterocycles. The molecule has 0 radical (unpaired) electrons. The molecule has 0 bridgehead atoms. The first-order valence-electron chi connectivity index (χ1n) is 5.99. The molecule has 2 aromatic rings. The molecule has 0 aliphatic rings. The summed E-state index contributed by atoms with van der Waals surface area (Å²) in [5, 5.41) is 2.74. The van der Waals surface area contributed by atoms with Crippen LogP contribution in [-0.4, -0.2) is 12.5 Å². The predicted molar refractivity (Wildman–Crippen MR) is 79.4 cm³/mol. The Kier molecular flexibility index (Phi) is 4.74. The van der Waals surface area contributed by atoms with Gasteiger partial charge in [0.15, 0.2) is 6.61 Å². The van der Waals surface area contributed by atoms with Crippen LogP contribution < -0.4 is 10.1 Å². The van der Waals surface area contributed by atoms with Crippen LogP contribution in [0.1, 0.15) is 5.56 Å². The number of carbonyl (C=O) groups is 1. The maximum Gasteiger partial charge on any atom is 0.262 e. The second kappa shape index (κ2) is 6.52. The summed E-state index contributed by atoms with van der Waals surface area (Å²) in [4.78, 5) is 11.8. The molecule has 3 nitrogen and oxygen atoms in total. The molecule has 0 fully saturated rings. The third-order valence-electron chi connectivity index (χ3n) is 2.68. The number of anilines is 1. The molecule has 2 aromatic carbocycles. The fourth-order valence-corrected chi connectivity index (χ4v) is 1.86. The van der Waals surface area contributed by atoms with Gasteiger partial charge in [-0.05, 0) is 46.6 Å². The second-order valence-electron chi connectivity index (χ2n) is 4.23. The lowest BCUT2D eigenvalue weighted by Crippen LogP contribution is -2.20. The van der Waals surface area contributed by atoms with E-state index >= 15 is 0 Å². The SMILES string of the molecule is Cc1ccccc1NC(=O)COc1ccc(Br)c(F)c1. The molecular formula is C15H13BrFNO2. The number of nitrogens with one attached hydrogen (secondary N) is 1. The largest absolute Gasteiger partial charge is 0.484 e. The van der Waals surface area contributed by atoms with Gasteiger partial charge in [0.1, 0.15) is 11.6 Å². The Hall–Kier alpha value is -1.88. The van der Waals surface area contributed by atoms with E-state index in [1.165, 1.54) is 12.1 Å². The Morgan fingerprint density at radius 3 is 2.75 bits per heavy atom. The topological polar surface area (TPSA) is 38.3 Å². The summed E-state index contributed by atoms with van der Waals surface area (Å²) in [6, 6.07) is 11.8. The average molecular weight is 338 g/mol. The van der Waals surface area contributed by atoms with Crippen molar-refractivity contribution in [3.05, 3.63) is 58.3 Å². The molecular weight excluding hydrogens is 325 g/mol. The highest BCUT2D eigenvalue weighted by atomic mass is 79.9. The van der Waals surface area contributed by atoms with E-state index < -0.39 is 5.82 Å². The first-order chi connectivity index (χ1) is 9.56. The van der Waals surface area contributed by atoms with Gasteiger partial charge < -0.3 is 10.1 Å². The minimum absolute atomic E-state index is 0.171. The molecule has 2 rings (SSSR count). The van der Waals surface area contributed by atoms with Crippen molar-refractivity contribution in [3.63, 3.8) is 0 Å². The van der Waals surface area contributed by atoms with Crippen LogP contribution in [0.25, 0.3) is 0 Å². The predicted octanol–water partition coefficient (Wildman–Crippen LogP) is 3.91. The van der Waals surface area contributed by atoms with Crippen LogP contribution >= 0.6 is 15.9 Å². The van der Waals surface area contributed by atoms with E-state index in [9.17, 15) is 9.18 Å². The number of rotatable bonds is 4. The standard InChI is InChI=1S/C15H13BrFNO2/c1-10-4-2-3-5-14(10)18-15(19)9-20-11-6-7-12(16)13(17)8-11/h2-8H,9H2,1H3,(H,18,19). The van der Waals surface area contributed by atoms with Crippen molar-refractivity contribution >= 4 is 27.5 Å². The van der Waals surface area contributed by atoms with Gasteiger partial charge in [-0.3, -0.25) is 4.79 Å². The summed E-state index contributed by atoms with van der Waals surface area (Å²) >= 11 is 3.05. The van der Waals surface area contributed by atoms with E-state index in [-0.39, 0.29) is 12.5 Å². The molecule has 1 N–H and O–H groups in total. The maximum absolute atomic E-state index is 13.3. The molecule has 20 heavy (non-hydrogen) atoms. The summed E-state index contributed by atoms with van der Waals surface area (Å²) < 4.78 is 18.9. The summed E-state index contributed by atoms with van der Waals surface area (Å²) in [5.74, 6) is -0.407. The van der Waals surface area contributed by atoms with Gasteiger partial charge in [-0.2, -0.15) is 0 Å². The van der Waals surface area contributed by atoms with Crippen LogP contribution in [0, 0.1) is 12.7 Å². The molecule has 5 heteroatoms. The van der Waals surface area contributed by atoms with E-state index in [0.717, 1.165) is 11.3 Å². The summed E-state index contributed by atoms with van der Waals surface area (Å²) in [5.41, 5.74) is 1.71. The highest BCUT2D eigenvalue weighted by Crippen LogP contribution is 2.21. The van der Waals surface area contributed by atoms with Crippen LogP contribution in [0.15, 0.2) is 46.9 Å². The maximum atomic E-state index is 13.3. The van der Waals surface area contributed by atoms with Crippen molar-refractivity contribution in [2.45, 2.75) is 6.92 Å². The number of para-hydroxylation sites is 1. The van der Waals surface area contributed by atoms with E-state index in [1.54, 1.807) is 6.07 Å². The average Bonchev–Trinajstić information content (AvgIpc) is 2.43. The first kappa shape index (κ1) is 14.5. The van der Waals surface area contributed by atoms with E-state index in [1.807, 2.05) is 31.2 Å². The Bertz CT molecular complexity index is 631. The highest BCUT2D eigenvalue weighted by Gasteiger charge is 2.07. The zero-order chi connectivity index (χ0) is 14.5. The number of carbonyl (C=O) groups excluding carboxylic acids is 1. The fourth-order valence-electron chi connectivity index (χ4n) is 1.61. The normalized spacial score (nSPS) is 10.2. The van der Waals surface area contributed by atoms with Gasteiger partial charge in [0.05, 0.1) is 4.47 Å². The lowest BCUT2D eigenvalue weighted by atomic mass is 10.2. The van der Waals surface area contributed by atoms with Crippen molar-refractivity contribution in [2.75, 3.05) is 11.9 Å². The zero-order valence-electron chi connectivity index (χ0n) is 10.8. The highest BCUT2D eigenvalue weighted by molar-refractivity contribution is 9.10. The molecule has 0 saturated carbocycles. The number of hydrogen-bond acceptors (Lipinski definition) is 2. The third kappa shape index (κ3) is 3.81. The second-order valence-corrected chi connectivity index (χ2v) is 5.08. The van der Waals surface area contributed by atoms with Crippen molar-refractivity contribution < 1.29 is 13.9 Å².